The molecule has 0 aromatic heterocycles. The van der Waals surface area contributed by atoms with Crippen LogP contribution in [-0.4, -0.2) is 5.78 Å². The lowest BCUT2D eigenvalue weighted by molar-refractivity contribution is -0.137. The van der Waals surface area contributed by atoms with Crippen LogP contribution in [0.3, 0.4) is 0 Å². The second kappa shape index (κ2) is 4.51. The predicted octanol–water partition coefficient (Wildman–Crippen LogP) is 4.32. The zero-order valence-electron chi connectivity index (χ0n) is 10.1. The van der Waals surface area contributed by atoms with Crippen LogP contribution in [0.1, 0.15) is 43.1 Å². The topological polar surface area (TPSA) is 17.1 Å². The first-order chi connectivity index (χ1) is 7.59. The molecule has 0 unspecified atom stereocenters. The summed E-state index contributed by atoms with van der Waals surface area (Å²) in [5.41, 5.74) is -0.572. The maximum Gasteiger partial charge on any atom is 0.416 e. The number of ketones is 1. The minimum atomic E-state index is -4.36. The second-order valence-electron chi connectivity index (χ2n) is 5.24. The molecule has 0 radical (unpaired) electrons. The molecule has 0 N–H and O–H groups in total. The normalized spacial score (nSPS) is 12.6. The van der Waals surface area contributed by atoms with Crippen molar-refractivity contribution in [1.29, 1.82) is 0 Å². The van der Waals surface area contributed by atoms with Gasteiger partial charge in [-0.05, 0) is 17.5 Å². The molecule has 0 fully saturated rings. The van der Waals surface area contributed by atoms with Gasteiger partial charge in [0.15, 0.2) is 5.78 Å². The predicted molar refractivity (Wildman–Crippen MR) is 59.8 cm³/mol. The third-order valence-electron chi connectivity index (χ3n) is 2.23. The molecule has 0 saturated carbocycles. The molecule has 0 heterocycles. The molecule has 0 saturated heterocycles. The summed E-state index contributed by atoms with van der Waals surface area (Å²) in [6, 6.07) is 4.35. The van der Waals surface area contributed by atoms with E-state index in [2.05, 4.69) is 0 Å². The Bertz CT molecular complexity index is 396. The monoisotopic (exact) mass is 244 g/mol. The van der Waals surface area contributed by atoms with Crippen LogP contribution in [0.4, 0.5) is 13.2 Å². The molecule has 1 rings (SSSR count). The summed E-state index contributed by atoms with van der Waals surface area (Å²) in [7, 11) is 0. The van der Waals surface area contributed by atoms with Crippen molar-refractivity contribution in [2.45, 2.75) is 33.4 Å². The van der Waals surface area contributed by atoms with Crippen LogP contribution >= 0.6 is 0 Å². The minimum Gasteiger partial charge on any atom is -0.294 e. The van der Waals surface area contributed by atoms with E-state index in [9.17, 15) is 18.0 Å². The molecule has 0 spiro atoms. The molecule has 1 aromatic carbocycles. The SMILES string of the molecule is CC(C)(C)CC(=O)c1ccc(C(F)(F)F)cc1. The van der Waals surface area contributed by atoms with Crippen LogP contribution in [0.2, 0.25) is 0 Å². The molecule has 17 heavy (non-hydrogen) atoms. The number of alkyl halides is 3. The van der Waals surface area contributed by atoms with Crippen LogP contribution in [0, 0.1) is 5.41 Å². The van der Waals surface area contributed by atoms with E-state index in [1.165, 1.54) is 12.1 Å². The number of hydrogen-bond donors (Lipinski definition) is 0. The van der Waals surface area contributed by atoms with Gasteiger partial charge in [0.25, 0.3) is 0 Å². The van der Waals surface area contributed by atoms with E-state index in [4.69, 9.17) is 0 Å². The first kappa shape index (κ1) is 13.7. The van der Waals surface area contributed by atoms with Gasteiger partial charge in [0.05, 0.1) is 5.56 Å². The van der Waals surface area contributed by atoms with Crippen LogP contribution in [0.15, 0.2) is 24.3 Å². The fourth-order valence-corrected chi connectivity index (χ4v) is 1.43. The number of hydrogen-bond acceptors (Lipinski definition) is 1. The number of Topliss-reactive ketones (excluding diaryl/α,β-unsaturated/α-hetero) is 1. The lowest BCUT2D eigenvalue weighted by atomic mass is 9.88. The van der Waals surface area contributed by atoms with E-state index in [0.29, 0.717) is 12.0 Å². The quantitative estimate of drug-likeness (QED) is 0.708. The fourth-order valence-electron chi connectivity index (χ4n) is 1.43. The lowest BCUT2D eigenvalue weighted by Crippen LogP contribution is -2.13. The first-order valence-corrected chi connectivity index (χ1v) is 5.30. The van der Waals surface area contributed by atoms with Crippen molar-refractivity contribution in [3.05, 3.63) is 35.4 Å². The van der Waals surface area contributed by atoms with Gasteiger partial charge in [-0.1, -0.05) is 32.9 Å². The van der Waals surface area contributed by atoms with Gasteiger partial charge in [0.1, 0.15) is 0 Å². The highest BCUT2D eigenvalue weighted by atomic mass is 19.4. The molecule has 0 amide bonds. The molecule has 0 aliphatic heterocycles. The van der Waals surface area contributed by atoms with Crippen molar-refractivity contribution in [2.24, 2.45) is 5.41 Å². The molecule has 0 aliphatic rings. The van der Waals surface area contributed by atoms with Crippen molar-refractivity contribution in [3.8, 4) is 0 Å². The smallest absolute Gasteiger partial charge is 0.294 e. The summed E-state index contributed by atoms with van der Waals surface area (Å²) in [6.45, 7) is 5.74. The van der Waals surface area contributed by atoms with Gasteiger partial charge in [-0.3, -0.25) is 4.79 Å². The van der Waals surface area contributed by atoms with E-state index < -0.39 is 11.7 Å². The van der Waals surface area contributed by atoms with Crippen LogP contribution < -0.4 is 0 Å². The van der Waals surface area contributed by atoms with Crippen LogP contribution in [-0.2, 0) is 6.18 Å². The van der Waals surface area contributed by atoms with Crippen LogP contribution in [0.5, 0.6) is 0 Å². The zero-order chi connectivity index (χ0) is 13.3. The van der Waals surface area contributed by atoms with Gasteiger partial charge in [-0.2, -0.15) is 13.2 Å². The Morgan fingerprint density at radius 1 is 1.06 bits per heavy atom. The second-order valence-corrected chi connectivity index (χ2v) is 5.24. The van der Waals surface area contributed by atoms with Crippen LogP contribution in [0.25, 0.3) is 0 Å². The van der Waals surface area contributed by atoms with E-state index in [0.717, 1.165) is 12.1 Å². The number of carbonyl (C=O) groups is 1. The Labute approximate surface area is 98.6 Å². The number of carbonyl (C=O) groups excluding carboxylic acids is 1. The zero-order valence-corrected chi connectivity index (χ0v) is 10.1. The highest BCUT2D eigenvalue weighted by Crippen LogP contribution is 2.29. The minimum absolute atomic E-state index is 0.133. The Hall–Kier alpha value is -1.32. The Kier molecular flexibility index (Phi) is 3.65. The number of rotatable bonds is 2. The van der Waals surface area contributed by atoms with Crippen molar-refractivity contribution in [3.63, 3.8) is 0 Å². The maximum atomic E-state index is 12.3. The van der Waals surface area contributed by atoms with Gasteiger partial charge >= 0.3 is 6.18 Å². The standard InChI is InChI=1S/C13H15F3O/c1-12(2,3)8-11(17)9-4-6-10(7-5-9)13(14,15)16/h4-7H,8H2,1-3H3. The third kappa shape index (κ3) is 4.21. The van der Waals surface area contributed by atoms with E-state index in [1.807, 2.05) is 20.8 Å². The van der Waals surface area contributed by atoms with E-state index in [1.54, 1.807) is 0 Å². The molecule has 0 atom stereocenters. The van der Waals surface area contributed by atoms with Crippen molar-refractivity contribution in [2.75, 3.05) is 0 Å². The highest BCUT2D eigenvalue weighted by molar-refractivity contribution is 5.96. The van der Waals surface area contributed by atoms with Gasteiger partial charge in [0.2, 0.25) is 0 Å². The summed E-state index contributed by atoms with van der Waals surface area (Å²) < 4.78 is 36.9. The molecular weight excluding hydrogens is 229 g/mol. The highest BCUT2D eigenvalue weighted by Gasteiger charge is 2.30. The summed E-state index contributed by atoms with van der Waals surface area (Å²) in [5.74, 6) is -0.133. The summed E-state index contributed by atoms with van der Waals surface area (Å²) in [5, 5.41) is 0. The molecular formula is C13H15F3O. The first-order valence-electron chi connectivity index (χ1n) is 5.30. The molecule has 1 aromatic rings. The fraction of sp³-hybridized carbons (Fsp3) is 0.462. The Morgan fingerprint density at radius 2 is 1.53 bits per heavy atom. The molecule has 0 bridgehead atoms. The number of halogens is 3. The number of benzene rings is 1. The van der Waals surface area contributed by atoms with Crippen molar-refractivity contribution < 1.29 is 18.0 Å². The van der Waals surface area contributed by atoms with Crippen molar-refractivity contribution in [1.82, 2.24) is 0 Å². The lowest BCUT2D eigenvalue weighted by Gasteiger charge is -2.16. The average molecular weight is 244 g/mol. The Morgan fingerprint density at radius 3 is 1.88 bits per heavy atom. The summed E-state index contributed by atoms with van der Waals surface area (Å²) in [6.07, 6.45) is -4.04. The maximum absolute atomic E-state index is 12.3. The van der Waals surface area contributed by atoms with Gasteiger partial charge in [-0.15, -0.1) is 0 Å². The van der Waals surface area contributed by atoms with E-state index >= 15 is 0 Å². The molecule has 0 aliphatic carbocycles. The van der Waals surface area contributed by atoms with E-state index in [-0.39, 0.29) is 11.2 Å². The largest absolute Gasteiger partial charge is 0.416 e. The van der Waals surface area contributed by atoms with Gasteiger partial charge in [-0.25, -0.2) is 0 Å². The van der Waals surface area contributed by atoms with Gasteiger partial charge < -0.3 is 0 Å². The molecule has 1 nitrogen and oxygen atoms in total. The third-order valence-corrected chi connectivity index (χ3v) is 2.23. The van der Waals surface area contributed by atoms with Crippen molar-refractivity contribution >= 4 is 5.78 Å². The summed E-state index contributed by atoms with van der Waals surface area (Å²) in [4.78, 5) is 11.7. The Balaban J connectivity index is 2.85. The summed E-state index contributed by atoms with van der Waals surface area (Å²) >= 11 is 0. The average Bonchev–Trinajstić information content (AvgIpc) is 2.14. The molecule has 4 heteroatoms. The van der Waals surface area contributed by atoms with Gasteiger partial charge in [0, 0.05) is 12.0 Å². The molecule has 94 valence electrons.